The molecule has 1 saturated carbocycles. The van der Waals surface area contributed by atoms with Crippen LogP contribution in [-0.4, -0.2) is 40.7 Å². The van der Waals surface area contributed by atoms with Gasteiger partial charge in [0.05, 0.1) is 24.5 Å². The second-order valence-electron chi connectivity index (χ2n) is 5.87. The van der Waals surface area contributed by atoms with Gasteiger partial charge in [0.2, 0.25) is 0 Å². The number of amides is 1. The highest BCUT2D eigenvalue weighted by Gasteiger charge is 2.40. The van der Waals surface area contributed by atoms with Crippen LogP contribution in [0.15, 0.2) is 6.20 Å². The lowest BCUT2D eigenvalue weighted by atomic mass is 9.90. The van der Waals surface area contributed by atoms with Crippen molar-refractivity contribution in [2.24, 2.45) is 7.05 Å². The Morgan fingerprint density at radius 1 is 1.43 bits per heavy atom. The summed E-state index contributed by atoms with van der Waals surface area (Å²) in [7, 11) is 1.84. The maximum absolute atomic E-state index is 12.4. The number of ether oxygens (including phenoxy) is 2. The average molecular weight is 293 g/mol. The Balaban J connectivity index is 1.58. The van der Waals surface area contributed by atoms with E-state index in [-0.39, 0.29) is 17.7 Å². The van der Waals surface area contributed by atoms with Crippen LogP contribution < -0.4 is 5.32 Å². The molecule has 0 aromatic carbocycles. The molecule has 0 unspecified atom stereocenters. The minimum absolute atomic E-state index is 0.0193. The molecule has 1 aromatic heterocycles. The molecule has 1 aromatic rings. The Morgan fingerprint density at radius 3 is 2.71 bits per heavy atom. The number of rotatable bonds is 3. The van der Waals surface area contributed by atoms with Crippen molar-refractivity contribution in [1.82, 2.24) is 15.1 Å². The number of carbonyl (C=O) groups excluding carboxylic acids is 1. The highest BCUT2D eigenvalue weighted by molar-refractivity contribution is 5.95. The van der Waals surface area contributed by atoms with Crippen LogP contribution in [0.4, 0.5) is 0 Å². The molecule has 2 aliphatic rings. The molecule has 21 heavy (non-hydrogen) atoms. The van der Waals surface area contributed by atoms with Crippen molar-refractivity contribution in [2.75, 3.05) is 13.2 Å². The van der Waals surface area contributed by atoms with Crippen molar-refractivity contribution in [3.63, 3.8) is 0 Å². The third-order valence-corrected chi connectivity index (χ3v) is 4.38. The van der Waals surface area contributed by atoms with Gasteiger partial charge < -0.3 is 14.8 Å². The normalized spacial score (nSPS) is 21.8. The Labute approximate surface area is 124 Å². The van der Waals surface area contributed by atoms with E-state index < -0.39 is 0 Å². The lowest BCUT2D eigenvalue weighted by molar-refractivity contribution is -0.179. The molecule has 1 saturated heterocycles. The Bertz CT molecular complexity index is 510. The van der Waals surface area contributed by atoms with Gasteiger partial charge >= 0.3 is 0 Å². The minimum Gasteiger partial charge on any atom is -0.349 e. The molecule has 3 rings (SSSR count). The van der Waals surface area contributed by atoms with Crippen LogP contribution in [0.3, 0.4) is 0 Å². The fourth-order valence-corrected chi connectivity index (χ4v) is 3.24. The van der Waals surface area contributed by atoms with Gasteiger partial charge in [-0.2, -0.15) is 5.10 Å². The molecule has 6 nitrogen and oxygen atoms in total. The van der Waals surface area contributed by atoms with Crippen LogP contribution in [0, 0.1) is 0 Å². The zero-order chi connectivity index (χ0) is 14.9. The van der Waals surface area contributed by atoms with Crippen LogP contribution in [0.25, 0.3) is 0 Å². The van der Waals surface area contributed by atoms with Crippen molar-refractivity contribution < 1.29 is 14.3 Å². The molecular formula is C15H23N3O3. The van der Waals surface area contributed by atoms with Crippen molar-refractivity contribution >= 4 is 5.91 Å². The van der Waals surface area contributed by atoms with Crippen molar-refractivity contribution in [3.8, 4) is 0 Å². The lowest BCUT2D eigenvalue weighted by Gasteiger charge is -2.35. The van der Waals surface area contributed by atoms with Gasteiger partial charge in [0.15, 0.2) is 5.79 Å². The number of nitrogens with one attached hydrogen (secondary N) is 1. The van der Waals surface area contributed by atoms with Gasteiger partial charge in [-0.3, -0.25) is 9.48 Å². The summed E-state index contributed by atoms with van der Waals surface area (Å²) in [6, 6.07) is 0.195. The summed E-state index contributed by atoms with van der Waals surface area (Å²) in [5, 5.41) is 7.44. The number of aryl methyl sites for hydroxylation is 2. The maximum Gasteiger partial charge on any atom is 0.254 e. The van der Waals surface area contributed by atoms with Crippen LogP contribution in [0.2, 0.25) is 0 Å². The molecule has 1 aliphatic carbocycles. The highest BCUT2D eigenvalue weighted by Crippen LogP contribution is 2.35. The molecule has 1 amide bonds. The van der Waals surface area contributed by atoms with Gasteiger partial charge in [-0.1, -0.05) is 6.92 Å². The zero-order valence-electron chi connectivity index (χ0n) is 12.7. The second kappa shape index (κ2) is 5.77. The number of nitrogens with zero attached hydrogens (tertiary/aromatic N) is 2. The van der Waals surface area contributed by atoms with E-state index >= 15 is 0 Å². The molecule has 2 fully saturated rings. The van der Waals surface area contributed by atoms with Crippen molar-refractivity contribution in [1.29, 1.82) is 0 Å². The van der Waals surface area contributed by atoms with E-state index in [1.807, 2.05) is 14.0 Å². The number of hydrogen-bond donors (Lipinski definition) is 1. The van der Waals surface area contributed by atoms with Crippen LogP contribution >= 0.6 is 0 Å². The van der Waals surface area contributed by atoms with E-state index in [0.717, 1.165) is 37.8 Å². The van der Waals surface area contributed by atoms with Gasteiger partial charge in [-0.15, -0.1) is 0 Å². The molecule has 1 N–H and O–H groups in total. The van der Waals surface area contributed by atoms with Gasteiger partial charge in [0.25, 0.3) is 5.91 Å². The molecule has 6 heteroatoms. The molecule has 2 heterocycles. The van der Waals surface area contributed by atoms with Crippen LogP contribution in [0.1, 0.15) is 48.7 Å². The monoisotopic (exact) mass is 293 g/mol. The number of aromatic nitrogens is 2. The predicted molar refractivity (Wildman–Crippen MR) is 76.9 cm³/mol. The molecular weight excluding hydrogens is 270 g/mol. The van der Waals surface area contributed by atoms with E-state index in [1.165, 1.54) is 0 Å². The van der Waals surface area contributed by atoms with Crippen LogP contribution in [-0.2, 0) is 22.9 Å². The quantitative estimate of drug-likeness (QED) is 0.915. The smallest absolute Gasteiger partial charge is 0.254 e. The first-order valence-electron chi connectivity index (χ1n) is 7.73. The number of carbonyl (C=O) groups is 1. The summed E-state index contributed by atoms with van der Waals surface area (Å²) in [6.07, 6.45) is 6.05. The average Bonchev–Trinajstić information content (AvgIpc) is 3.08. The van der Waals surface area contributed by atoms with Gasteiger partial charge in [-0.05, 0) is 19.3 Å². The minimum atomic E-state index is -0.371. The van der Waals surface area contributed by atoms with Crippen molar-refractivity contribution in [3.05, 3.63) is 17.5 Å². The summed E-state index contributed by atoms with van der Waals surface area (Å²) >= 11 is 0. The van der Waals surface area contributed by atoms with Crippen LogP contribution in [0.5, 0.6) is 0 Å². The maximum atomic E-state index is 12.4. The SMILES string of the molecule is CCc1nn(C)cc1C(=O)NC1CCC2(CC1)OCCO2. The molecule has 0 bridgehead atoms. The molecule has 1 spiro atoms. The third-order valence-electron chi connectivity index (χ3n) is 4.38. The van der Waals surface area contributed by atoms with Gasteiger partial charge in [-0.25, -0.2) is 0 Å². The summed E-state index contributed by atoms with van der Waals surface area (Å²) < 4.78 is 13.1. The van der Waals surface area contributed by atoms with E-state index in [9.17, 15) is 4.79 Å². The molecule has 0 radical (unpaired) electrons. The largest absolute Gasteiger partial charge is 0.349 e. The molecule has 0 atom stereocenters. The summed E-state index contributed by atoms with van der Waals surface area (Å²) in [4.78, 5) is 12.4. The first kappa shape index (κ1) is 14.5. The third kappa shape index (κ3) is 2.96. The predicted octanol–water partition coefficient (Wildman–Crippen LogP) is 1.40. The molecule has 116 valence electrons. The fourth-order valence-electron chi connectivity index (χ4n) is 3.24. The van der Waals surface area contributed by atoms with E-state index in [0.29, 0.717) is 18.8 Å². The first-order chi connectivity index (χ1) is 10.1. The van der Waals surface area contributed by atoms with E-state index in [1.54, 1.807) is 10.9 Å². The fraction of sp³-hybridized carbons (Fsp3) is 0.733. The van der Waals surface area contributed by atoms with Crippen molar-refractivity contribution in [2.45, 2.75) is 50.9 Å². The Hall–Kier alpha value is -1.40. The topological polar surface area (TPSA) is 65.4 Å². The van der Waals surface area contributed by atoms with Gasteiger partial charge in [0.1, 0.15) is 0 Å². The van der Waals surface area contributed by atoms with Gasteiger partial charge in [0, 0.05) is 32.1 Å². The second-order valence-corrected chi connectivity index (χ2v) is 5.87. The number of hydrogen-bond acceptors (Lipinski definition) is 4. The first-order valence-corrected chi connectivity index (χ1v) is 7.73. The highest BCUT2D eigenvalue weighted by atomic mass is 16.7. The summed E-state index contributed by atoms with van der Waals surface area (Å²) in [6.45, 7) is 3.39. The van der Waals surface area contributed by atoms with E-state index in [4.69, 9.17) is 9.47 Å². The Kier molecular flexibility index (Phi) is 3.99. The molecule has 1 aliphatic heterocycles. The zero-order valence-corrected chi connectivity index (χ0v) is 12.7. The summed E-state index contributed by atoms with van der Waals surface area (Å²) in [5.41, 5.74) is 1.54. The summed E-state index contributed by atoms with van der Waals surface area (Å²) in [5.74, 6) is -0.390. The van der Waals surface area contributed by atoms with E-state index in [2.05, 4.69) is 10.4 Å². The Morgan fingerprint density at radius 2 is 2.10 bits per heavy atom. The lowest BCUT2D eigenvalue weighted by Crippen LogP contribution is -2.44. The standard InChI is InChI=1S/C15H23N3O3/c1-3-13-12(10-18(2)17-13)14(19)16-11-4-6-15(7-5-11)20-8-9-21-15/h10-11H,3-9H2,1-2H3,(H,16,19).